The van der Waals surface area contributed by atoms with Crippen LogP contribution >= 0.6 is 0 Å². The van der Waals surface area contributed by atoms with E-state index in [1.807, 2.05) is 29.2 Å². The summed E-state index contributed by atoms with van der Waals surface area (Å²) < 4.78 is 33.4. The maximum atomic E-state index is 15.0. The first kappa shape index (κ1) is 34.2. The van der Waals surface area contributed by atoms with Crippen LogP contribution in [0.2, 0.25) is 0 Å². The fourth-order valence-corrected chi connectivity index (χ4v) is 9.60. The molecule has 0 spiro atoms. The minimum atomic E-state index is -0.835. The summed E-state index contributed by atoms with van der Waals surface area (Å²) in [5.41, 5.74) is 2.37. The van der Waals surface area contributed by atoms with Gasteiger partial charge < -0.3 is 29.9 Å². The number of hydrogen-bond donors (Lipinski definition) is 2. The van der Waals surface area contributed by atoms with Crippen LogP contribution in [0.3, 0.4) is 0 Å². The van der Waals surface area contributed by atoms with Crippen molar-refractivity contribution in [2.45, 2.75) is 68.3 Å². The van der Waals surface area contributed by atoms with Crippen molar-refractivity contribution in [3.63, 3.8) is 0 Å². The number of ether oxygens (including phenoxy) is 1. The highest BCUT2D eigenvalue weighted by atomic mass is 19.1. The Bertz CT molecular complexity index is 1530. The molecule has 11 heteroatoms. The molecule has 5 fully saturated rings. The first-order valence-corrected chi connectivity index (χ1v) is 18.1. The molecule has 3 atom stereocenters. The molecular formula is C38H50F2N6O3. The van der Waals surface area contributed by atoms with Gasteiger partial charge in [-0.15, -0.1) is 0 Å². The number of alkyl halides is 1. The number of carbonyl (C=O) groups excluding carboxylic acids is 1. The van der Waals surface area contributed by atoms with Crippen molar-refractivity contribution in [2.24, 2.45) is 11.8 Å². The summed E-state index contributed by atoms with van der Waals surface area (Å²) >= 11 is 0. The molecule has 49 heavy (non-hydrogen) atoms. The number of benzene rings is 2. The third kappa shape index (κ3) is 7.03. The van der Waals surface area contributed by atoms with E-state index in [9.17, 15) is 23.9 Å². The second kappa shape index (κ2) is 14.1. The number of aliphatic hydroxyl groups is 1. The highest BCUT2D eigenvalue weighted by molar-refractivity contribution is 5.67. The molecule has 1 amide bonds. The van der Waals surface area contributed by atoms with Gasteiger partial charge in [0.15, 0.2) is 0 Å². The predicted molar refractivity (Wildman–Crippen MR) is 183 cm³/mol. The van der Waals surface area contributed by atoms with Crippen molar-refractivity contribution in [1.29, 1.82) is 5.26 Å². The number of nitrogens with one attached hydrogen (secondary N) is 1. The summed E-state index contributed by atoms with van der Waals surface area (Å²) in [6, 6.07) is 15.2. The quantitative estimate of drug-likeness (QED) is 0.365. The largest absolute Gasteiger partial charge is 0.453 e. The normalized spacial score (nSPS) is 26.2. The fourth-order valence-electron chi connectivity index (χ4n) is 9.60. The lowest BCUT2D eigenvalue weighted by atomic mass is 9.57. The standard InChI is InChI=1S/C38H50F2N6O3/c1-49-36(47)42-35-8-3-7-34(35)38(26-43-13-4-14-43,30-5-2-6-31(39)18-30)29-11-15-44(16-12-29)23-37(48)24-46(25-37)33-10-9-27(19-41)28(17-33)20-45-21-32(40)22-45/h2,5-6,9-10,17-18,29,32,34-35,48H,3-4,7-8,11-16,20-26H2,1H3,(H,42,47)/t34-,35-,38-/m0/s1. The van der Waals surface area contributed by atoms with E-state index in [-0.39, 0.29) is 23.2 Å². The van der Waals surface area contributed by atoms with Crippen LogP contribution in [0.25, 0.3) is 0 Å². The fraction of sp³-hybridized carbons (Fsp3) is 0.632. The molecule has 2 aromatic carbocycles. The summed E-state index contributed by atoms with van der Waals surface area (Å²) in [5, 5.41) is 24.4. The zero-order valence-electron chi connectivity index (χ0n) is 28.6. The molecule has 1 saturated carbocycles. The lowest BCUT2D eigenvalue weighted by Gasteiger charge is -2.55. The van der Waals surface area contributed by atoms with Crippen LogP contribution in [-0.2, 0) is 16.7 Å². The van der Waals surface area contributed by atoms with Gasteiger partial charge in [0.25, 0.3) is 0 Å². The van der Waals surface area contributed by atoms with Crippen molar-refractivity contribution < 1.29 is 23.4 Å². The molecule has 4 heterocycles. The van der Waals surface area contributed by atoms with Gasteiger partial charge in [0.05, 0.1) is 18.7 Å². The first-order chi connectivity index (χ1) is 23.7. The number of halogens is 2. The number of likely N-dealkylation sites (tertiary alicyclic amines) is 3. The maximum Gasteiger partial charge on any atom is 0.407 e. The van der Waals surface area contributed by atoms with Crippen LogP contribution in [0.15, 0.2) is 42.5 Å². The van der Waals surface area contributed by atoms with Crippen molar-refractivity contribution >= 4 is 11.8 Å². The van der Waals surface area contributed by atoms with Gasteiger partial charge in [0.1, 0.15) is 17.6 Å². The monoisotopic (exact) mass is 676 g/mol. The lowest BCUT2D eigenvalue weighted by Crippen LogP contribution is -2.67. The second-order valence-corrected chi connectivity index (χ2v) is 15.3. The highest BCUT2D eigenvalue weighted by Gasteiger charge is 2.53. The molecule has 1 aliphatic carbocycles. The van der Waals surface area contributed by atoms with E-state index in [4.69, 9.17) is 4.74 Å². The van der Waals surface area contributed by atoms with E-state index >= 15 is 0 Å². The molecule has 0 unspecified atom stereocenters. The number of carbonyl (C=O) groups is 1. The Labute approximate surface area is 288 Å². The van der Waals surface area contributed by atoms with Crippen molar-refractivity contribution in [3.8, 4) is 6.07 Å². The third-order valence-electron chi connectivity index (χ3n) is 12.1. The summed E-state index contributed by atoms with van der Waals surface area (Å²) in [6.45, 7) is 7.60. The summed E-state index contributed by atoms with van der Waals surface area (Å²) in [4.78, 5) is 21.5. The Morgan fingerprint density at radius 3 is 2.47 bits per heavy atom. The Balaban J connectivity index is 1.04. The van der Waals surface area contributed by atoms with Gasteiger partial charge in [0, 0.05) is 63.0 Å². The van der Waals surface area contributed by atoms with Gasteiger partial charge in [-0.25, -0.2) is 13.6 Å². The minimum absolute atomic E-state index is 0.0362. The Hall–Kier alpha value is -3.30. The number of rotatable bonds is 11. The van der Waals surface area contributed by atoms with Crippen LogP contribution in [0.4, 0.5) is 19.3 Å². The number of nitriles is 1. The van der Waals surface area contributed by atoms with Crippen LogP contribution in [0, 0.1) is 29.0 Å². The molecule has 2 N–H and O–H groups in total. The lowest BCUT2D eigenvalue weighted by molar-refractivity contribution is -0.0362. The zero-order valence-corrected chi connectivity index (χ0v) is 28.6. The first-order valence-electron chi connectivity index (χ1n) is 18.1. The van der Waals surface area contributed by atoms with Gasteiger partial charge in [-0.05, 0) is 112 Å². The van der Waals surface area contributed by atoms with Gasteiger partial charge >= 0.3 is 6.09 Å². The topological polar surface area (TPSA) is 95.3 Å². The molecule has 2 aromatic rings. The summed E-state index contributed by atoms with van der Waals surface area (Å²) in [7, 11) is 1.41. The van der Waals surface area contributed by atoms with Crippen molar-refractivity contribution in [3.05, 3.63) is 65.0 Å². The van der Waals surface area contributed by atoms with E-state index in [0.717, 1.165) is 81.6 Å². The summed E-state index contributed by atoms with van der Waals surface area (Å²) in [5.74, 6) is 0.227. The van der Waals surface area contributed by atoms with Crippen LogP contribution in [0.5, 0.6) is 0 Å². The van der Waals surface area contributed by atoms with Crippen LogP contribution < -0.4 is 10.2 Å². The summed E-state index contributed by atoms with van der Waals surface area (Å²) in [6.07, 6.45) is 4.71. The number of hydrogen-bond acceptors (Lipinski definition) is 8. The van der Waals surface area contributed by atoms with Crippen molar-refractivity contribution in [2.75, 3.05) is 77.5 Å². The Morgan fingerprint density at radius 2 is 1.82 bits per heavy atom. The SMILES string of the molecule is COC(=O)N[C@H]1CCC[C@@H]1[C@](CN1CCC1)(c1cccc(F)c1)C1CCN(CC2(O)CN(c3ccc(C#N)c(CN4CC(F)C4)c3)C2)CC1. The Kier molecular flexibility index (Phi) is 9.86. The molecule has 4 aliphatic heterocycles. The predicted octanol–water partition coefficient (Wildman–Crippen LogP) is 4.28. The number of nitrogens with zero attached hydrogens (tertiary/aromatic N) is 5. The molecular weight excluding hydrogens is 626 g/mol. The molecule has 7 rings (SSSR count). The third-order valence-corrected chi connectivity index (χ3v) is 12.1. The molecule has 0 aromatic heterocycles. The number of alkyl carbamates (subject to hydrolysis) is 1. The number of amides is 1. The minimum Gasteiger partial charge on any atom is -0.453 e. The molecule has 4 saturated heterocycles. The maximum absolute atomic E-state index is 15.0. The van der Waals surface area contributed by atoms with E-state index in [1.165, 1.54) is 19.6 Å². The Morgan fingerprint density at radius 1 is 1.04 bits per heavy atom. The number of methoxy groups -OCH3 is 1. The average molecular weight is 677 g/mol. The van der Waals surface area contributed by atoms with Crippen LogP contribution in [0.1, 0.15) is 55.2 Å². The van der Waals surface area contributed by atoms with Gasteiger partial charge in [-0.1, -0.05) is 18.6 Å². The molecule has 9 nitrogen and oxygen atoms in total. The van der Waals surface area contributed by atoms with Gasteiger partial charge in [0.2, 0.25) is 0 Å². The molecule has 0 bridgehead atoms. The van der Waals surface area contributed by atoms with Crippen molar-refractivity contribution in [1.82, 2.24) is 20.0 Å². The zero-order chi connectivity index (χ0) is 34.2. The van der Waals surface area contributed by atoms with E-state index < -0.39 is 17.9 Å². The molecule has 5 aliphatic rings. The second-order valence-electron chi connectivity index (χ2n) is 15.3. The molecule has 0 radical (unpaired) electrons. The van der Waals surface area contributed by atoms with Gasteiger partial charge in [-0.2, -0.15) is 5.26 Å². The number of piperidine rings is 1. The average Bonchev–Trinajstić information content (AvgIpc) is 3.51. The van der Waals surface area contributed by atoms with E-state index in [2.05, 4.69) is 32.2 Å². The van der Waals surface area contributed by atoms with E-state index in [0.29, 0.717) is 50.7 Å². The number of β-amino-alcohol motifs (C(OH)–C–C–N with tert-alkyl or cyclic N) is 1. The number of anilines is 1. The smallest absolute Gasteiger partial charge is 0.407 e. The highest BCUT2D eigenvalue weighted by Crippen LogP contribution is 2.51. The van der Waals surface area contributed by atoms with E-state index in [1.54, 1.807) is 6.07 Å². The van der Waals surface area contributed by atoms with Gasteiger partial charge in [-0.3, -0.25) is 4.90 Å². The van der Waals surface area contributed by atoms with Crippen LogP contribution in [-0.4, -0.2) is 116 Å². The molecule has 264 valence electrons.